The average molecular weight is 259 g/mol. The Morgan fingerprint density at radius 3 is 2.33 bits per heavy atom. The zero-order valence-electron chi connectivity index (χ0n) is 9.46. The van der Waals surface area contributed by atoms with Crippen LogP contribution in [-0.2, 0) is 10.9 Å². The number of alkyl halides is 3. The summed E-state index contributed by atoms with van der Waals surface area (Å²) in [5.41, 5.74) is -1.93. The molecule has 1 rings (SSSR count). The molecule has 1 aromatic carbocycles. The molecule has 0 atom stereocenters. The van der Waals surface area contributed by atoms with E-state index in [1.165, 1.54) is 0 Å². The van der Waals surface area contributed by atoms with E-state index in [0.29, 0.717) is 6.07 Å². The van der Waals surface area contributed by atoms with Crippen molar-refractivity contribution in [2.24, 2.45) is 0 Å². The van der Waals surface area contributed by atoms with E-state index >= 15 is 0 Å². The molecule has 96 valence electrons. The first-order chi connectivity index (χ1) is 8.35. The van der Waals surface area contributed by atoms with Crippen molar-refractivity contribution in [3.8, 4) is 11.8 Å². The van der Waals surface area contributed by atoms with Gasteiger partial charge in [0.2, 0.25) is 0 Å². The molecule has 0 unspecified atom stereocenters. The Hall–Kier alpha value is -2.23. The highest BCUT2D eigenvalue weighted by molar-refractivity contribution is 5.93. The fourth-order valence-electron chi connectivity index (χ4n) is 1.39. The lowest BCUT2D eigenvalue weighted by Crippen LogP contribution is -2.13. The molecule has 18 heavy (non-hydrogen) atoms. The van der Waals surface area contributed by atoms with E-state index in [9.17, 15) is 18.0 Å². The minimum atomic E-state index is -4.74. The molecule has 1 aromatic rings. The molecular formula is C11H8F3NO3. The number of rotatable bonds is 2. The predicted molar refractivity (Wildman–Crippen MR) is 54.1 cm³/mol. The van der Waals surface area contributed by atoms with Gasteiger partial charge >= 0.3 is 12.1 Å². The van der Waals surface area contributed by atoms with Crippen LogP contribution in [0.5, 0.6) is 5.75 Å². The fourth-order valence-corrected chi connectivity index (χ4v) is 1.39. The molecule has 7 heteroatoms. The Bertz CT molecular complexity index is 517. The van der Waals surface area contributed by atoms with Gasteiger partial charge < -0.3 is 9.47 Å². The number of benzene rings is 1. The third-order valence-corrected chi connectivity index (χ3v) is 2.13. The molecular weight excluding hydrogens is 251 g/mol. The van der Waals surface area contributed by atoms with Gasteiger partial charge in [-0.1, -0.05) is 0 Å². The Kier molecular flexibility index (Phi) is 3.81. The van der Waals surface area contributed by atoms with Gasteiger partial charge in [-0.05, 0) is 12.1 Å². The highest BCUT2D eigenvalue weighted by Gasteiger charge is 2.37. The molecule has 0 saturated carbocycles. The normalized spacial score (nSPS) is 10.7. The SMILES string of the molecule is COC(=O)c1cc(C#N)cc(C(F)(F)F)c1OC. The van der Waals surface area contributed by atoms with E-state index in [1.807, 2.05) is 0 Å². The minimum Gasteiger partial charge on any atom is -0.495 e. The maximum atomic E-state index is 12.8. The van der Waals surface area contributed by atoms with Crippen LogP contribution in [0, 0.1) is 11.3 Å². The number of halogens is 3. The van der Waals surface area contributed by atoms with Crippen molar-refractivity contribution in [2.45, 2.75) is 6.18 Å². The van der Waals surface area contributed by atoms with Gasteiger partial charge in [-0.15, -0.1) is 0 Å². The summed E-state index contributed by atoms with van der Waals surface area (Å²) in [6, 6.07) is 3.15. The van der Waals surface area contributed by atoms with E-state index in [0.717, 1.165) is 20.3 Å². The van der Waals surface area contributed by atoms with Crippen LogP contribution in [0.25, 0.3) is 0 Å². The van der Waals surface area contributed by atoms with Crippen molar-refractivity contribution < 1.29 is 27.4 Å². The molecule has 0 aromatic heterocycles. The summed E-state index contributed by atoms with van der Waals surface area (Å²) < 4.78 is 47.2. The number of nitriles is 1. The smallest absolute Gasteiger partial charge is 0.420 e. The van der Waals surface area contributed by atoms with Gasteiger partial charge in [0.25, 0.3) is 0 Å². The van der Waals surface area contributed by atoms with Crippen LogP contribution in [0.1, 0.15) is 21.5 Å². The molecule has 0 radical (unpaired) electrons. The number of ether oxygens (including phenoxy) is 2. The number of methoxy groups -OCH3 is 2. The van der Waals surface area contributed by atoms with Crippen LogP contribution < -0.4 is 4.74 Å². The summed E-state index contributed by atoms with van der Waals surface area (Å²) in [4.78, 5) is 11.4. The molecule has 4 nitrogen and oxygen atoms in total. The molecule has 0 bridgehead atoms. The Balaban J connectivity index is 3.62. The van der Waals surface area contributed by atoms with Crippen molar-refractivity contribution in [1.29, 1.82) is 5.26 Å². The van der Waals surface area contributed by atoms with Gasteiger partial charge in [0.15, 0.2) is 0 Å². The summed E-state index contributed by atoms with van der Waals surface area (Å²) >= 11 is 0. The molecule has 0 heterocycles. The second kappa shape index (κ2) is 4.96. The molecule has 0 aliphatic carbocycles. The zero-order chi connectivity index (χ0) is 13.9. The maximum Gasteiger partial charge on any atom is 0.420 e. The van der Waals surface area contributed by atoms with Gasteiger partial charge in [0.05, 0.1) is 31.4 Å². The van der Waals surface area contributed by atoms with Gasteiger partial charge in [0.1, 0.15) is 11.3 Å². The van der Waals surface area contributed by atoms with E-state index in [2.05, 4.69) is 9.47 Å². The van der Waals surface area contributed by atoms with Crippen LogP contribution in [0.2, 0.25) is 0 Å². The Morgan fingerprint density at radius 2 is 1.94 bits per heavy atom. The Morgan fingerprint density at radius 1 is 1.33 bits per heavy atom. The topological polar surface area (TPSA) is 59.3 Å². The first kappa shape index (κ1) is 13.8. The van der Waals surface area contributed by atoms with Crippen LogP contribution in [-0.4, -0.2) is 20.2 Å². The summed E-state index contributed by atoms with van der Waals surface area (Å²) in [6.07, 6.45) is -4.74. The number of carbonyl (C=O) groups excluding carboxylic acids is 1. The Labute approximate surface area is 101 Å². The first-order valence-corrected chi connectivity index (χ1v) is 4.62. The lowest BCUT2D eigenvalue weighted by atomic mass is 10.0. The van der Waals surface area contributed by atoms with Crippen LogP contribution in [0.15, 0.2) is 12.1 Å². The monoisotopic (exact) mass is 259 g/mol. The van der Waals surface area contributed by atoms with Gasteiger partial charge in [-0.25, -0.2) is 4.79 Å². The lowest BCUT2D eigenvalue weighted by Gasteiger charge is -2.15. The number of hydrogen-bond acceptors (Lipinski definition) is 4. The quantitative estimate of drug-likeness (QED) is 0.765. The van der Waals surface area contributed by atoms with E-state index in [-0.39, 0.29) is 5.56 Å². The van der Waals surface area contributed by atoms with Crippen molar-refractivity contribution in [3.05, 3.63) is 28.8 Å². The first-order valence-electron chi connectivity index (χ1n) is 4.62. The van der Waals surface area contributed by atoms with Gasteiger partial charge in [-0.2, -0.15) is 18.4 Å². The van der Waals surface area contributed by atoms with Crippen LogP contribution in [0.3, 0.4) is 0 Å². The third-order valence-electron chi connectivity index (χ3n) is 2.13. The second-order valence-corrected chi connectivity index (χ2v) is 3.21. The fraction of sp³-hybridized carbons (Fsp3) is 0.273. The van der Waals surface area contributed by atoms with Crippen molar-refractivity contribution in [2.75, 3.05) is 14.2 Å². The summed E-state index contributed by atoms with van der Waals surface area (Å²) in [5.74, 6) is -1.66. The number of carbonyl (C=O) groups is 1. The van der Waals surface area contributed by atoms with E-state index in [4.69, 9.17) is 5.26 Å². The minimum absolute atomic E-state index is 0.302. The van der Waals surface area contributed by atoms with Crippen LogP contribution >= 0.6 is 0 Å². The number of esters is 1. The van der Waals surface area contributed by atoms with Crippen molar-refractivity contribution in [1.82, 2.24) is 0 Å². The summed E-state index contributed by atoms with van der Waals surface area (Å²) in [5, 5.41) is 8.66. The lowest BCUT2D eigenvalue weighted by molar-refractivity contribution is -0.138. The number of nitrogens with zero attached hydrogens (tertiary/aromatic N) is 1. The standard InChI is InChI=1S/C11H8F3NO3/c1-17-9-7(10(16)18-2)3-6(5-15)4-8(9)11(12,13)14/h3-4H,1-2H3. The van der Waals surface area contributed by atoms with Gasteiger partial charge in [0, 0.05) is 0 Å². The second-order valence-electron chi connectivity index (χ2n) is 3.21. The van der Waals surface area contributed by atoms with Crippen molar-refractivity contribution >= 4 is 5.97 Å². The molecule has 0 aliphatic rings. The molecule has 0 amide bonds. The summed E-state index contributed by atoms with van der Waals surface area (Å²) in [6.45, 7) is 0. The van der Waals surface area contributed by atoms with Crippen LogP contribution in [0.4, 0.5) is 13.2 Å². The van der Waals surface area contributed by atoms with E-state index in [1.54, 1.807) is 6.07 Å². The molecule has 0 N–H and O–H groups in total. The van der Waals surface area contributed by atoms with Crippen molar-refractivity contribution in [3.63, 3.8) is 0 Å². The molecule has 0 spiro atoms. The number of hydrogen-bond donors (Lipinski definition) is 0. The van der Waals surface area contributed by atoms with Gasteiger partial charge in [-0.3, -0.25) is 0 Å². The largest absolute Gasteiger partial charge is 0.495 e. The summed E-state index contributed by atoms with van der Waals surface area (Å²) in [7, 11) is 2.02. The molecule has 0 aliphatic heterocycles. The molecule has 0 fully saturated rings. The average Bonchev–Trinajstić information content (AvgIpc) is 2.34. The van der Waals surface area contributed by atoms with E-state index < -0.39 is 29.0 Å². The predicted octanol–water partition coefficient (Wildman–Crippen LogP) is 2.37. The molecule has 0 saturated heterocycles. The third kappa shape index (κ3) is 2.53. The maximum absolute atomic E-state index is 12.8. The highest BCUT2D eigenvalue weighted by atomic mass is 19.4. The highest BCUT2D eigenvalue weighted by Crippen LogP contribution is 2.39. The zero-order valence-corrected chi connectivity index (χ0v) is 9.46.